The average Bonchev–Trinajstić information content (AvgIpc) is 2.48. The molecule has 3 nitrogen and oxygen atoms in total. The summed E-state index contributed by atoms with van der Waals surface area (Å²) in [5, 5.41) is 0. The molecule has 0 radical (unpaired) electrons. The second-order valence-corrected chi connectivity index (χ2v) is 5.63. The van der Waals surface area contributed by atoms with Crippen molar-refractivity contribution in [1.29, 1.82) is 0 Å². The minimum Gasteiger partial charge on any atom is -0.460 e. The highest BCUT2D eigenvalue weighted by molar-refractivity contribution is 6.40. The van der Waals surface area contributed by atoms with Gasteiger partial charge in [-0.25, -0.2) is 4.79 Å². The number of rotatable bonds is 4. The Bertz CT molecular complexity index is 468. The minimum absolute atomic E-state index is 0.225. The van der Waals surface area contributed by atoms with E-state index in [0.29, 0.717) is 11.5 Å². The van der Waals surface area contributed by atoms with E-state index >= 15 is 0 Å². The lowest BCUT2D eigenvalue weighted by molar-refractivity contribution is -0.137. The van der Waals surface area contributed by atoms with Crippen LogP contribution in [-0.4, -0.2) is 18.4 Å². The van der Waals surface area contributed by atoms with Gasteiger partial charge in [0.1, 0.15) is 0 Å². The Morgan fingerprint density at radius 1 is 1.10 bits per heavy atom. The molecule has 1 aromatic rings. The molecule has 20 heavy (non-hydrogen) atoms. The Hall–Kier alpha value is -1.64. The van der Waals surface area contributed by atoms with Crippen LogP contribution in [-0.2, 0) is 9.53 Å². The van der Waals surface area contributed by atoms with Crippen LogP contribution in [0.5, 0.6) is 0 Å². The van der Waals surface area contributed by atoms with Gasteiger partial charge in [-0.3, -0.25) is 4.79 Å². The second kappa shape index (κ2) is 6.69. The van der Waals surface area contributed by atoms with Gasteiger partial charge in [-0.2, -0.15) is 0 Å². The molecule has 0 spiro atoms. The van der Waals surface area contributed by atoms with Gasteiger partial charge in [0.2, 0.25) is 0 Å². The monoisotopic (exact) mass is 274 g/mol. The molecule has 0 saturated heterocycles. The summed E-state index contributed by atoms with van der Waals surface area (Å²) >= 11 is 0. The van der Waals surface area contributed by atoms with E-state index < -0.39 is 11.8 Å². The molecule has 0 amide bonds. The third kappa shape index (κ3) is 3.47. The zero-order valence-corrected chi connectivity index (χ0v) is 12.2. The van der Waals surface area contributed by atoms with Gasteiger partial charge in [0.05, 0.1) is 6.61 Å². The predicted octanol–water partition coefficient (Wildman–Crippen LogP) is 3.73. The van der Waals surface area contributed by atoms with Crippen LogP contribution in [0.4, 0.5) is 0 Å². The summed E-state index contributed by atoms with van der Waals surface area (Å²) in [6.45, 7) is 4.22. The fourth-order valence-corrected chi connectivity index (χ4v) is 2.81. The molecule has 1 saturated carbocycles. The third-order valence-electron chi connectivity index (χ3n) is 4.12. The zero-order valence-electron chi connectivity index (χ0n) is 12.2. The highest BCUT2D eigenvalue weighted by Crippen LogP contribution is 2.35. The van der Waals surface area contributed by atoms with E-state index in [-0.39, 0.29) is 6.61 Å². The van der Waals surface area contributed by atoms with Gasteiger partial charge in [-0.05, 0) is 37.2 Å². The maximum absolute atomic E-state index is 11.8. The standard InChI is InChI=1S/C17H22O3/c1-3-20-17(19)16(18)15-10-8-14(9-11-15)13-6-4-12(2)5-7-13/h8-13H,3-7H2,1-2H3. The Labute approximate surface area is 120 Å². The van der Waals surface area contributed by atoms with E-state index in [0.717, 1.165) is 5.92 Å². The summed E-state index contributed by atoms with van der Waals surface area (Å²) in [7, 11) is 0. The summed E-state index contributed by atoms with van der Waals surface area (Å²) in [4.78, 5) is 23.2. The fourth-order valence-electron chi connectivity index (χ4n) is 2.81. The van der Waals surface area contributed by atoms with E-state index in [1.54, 1.807) is 19.1 Å². The van der Waals surface area contributed by atoms with Crippen LogP contribution in [0.1, 0.15) is 61.4 Å². The molecule has 0 heterocycles. The molecule has 0 unspecified atom stereocenters. The maximum atomic E-state index is 11.8. The van der Waals surface area contributed by atoms with Crippen molar-refractivity contribution in [1.82, 2.24) is 0 Å². The average molecular weight is 274 g/mol. The first-order valence-corrected chi connectivity index (χ1v) is 7.43. The summed E-state index contributed by atoms with van der Waals surface area (Å²) in [6.07, 6.45) is 4.97. The fraction of sp³-hybridized carbons (Fsp3) is 0.529. The molecule has 0 N–H and O–H groups in total. The summed E-state index contributed by atoms with van der Waals surface area (Å²) in [5.74, 6) is 0.0938. The molecule has 0 aliphatic heterocycles. The number of ether oxygens (including phenoxy) is 1. The third-order valence-corrected chi connectivity index (χ3v) is 4.12. The van der Waals surface area contributed by atoms with E-state index in [1.807, 2.05) is 12.1 Å². The lowest BCUT2D eigenvalue weighted by Gasteiger charge is -2.26. The molecule has 0 bridgehead atoms. The number of esters is 1. The van der Waals surface area contributed by atoms with E-state index in [2.05, 4.69) is 6.92 Å². The van der Waals surface area contributed by atoms with Crippen LogP contribution in [0.15, 0.2) is 24.3 Å². The van der Waals surface area contributed by atoms with Gasteiger partial charge in [0, 0.05) is 5.56 Å². The van der Waals surface area contributed by atoms with Crippen molar-refractivity contribution >= 4 is 11.8 Å². The van der Waals surface area contributed by atoms with Crippen molar-refractivity contribution in [2.45, 2.75) is 45.4 Å². The number of ketones is 1. The molecule has 2 rings (SSSR count). The first-order valence-electron chi connectivity index (χ1n) is 7.43. The van der Waals surface area contributed by atoms with Gasteiger partial charge in [0.15, 0.2) is 0 Å². The molecular formula is C17H22O3. The molecular weight excluding hydrogens is 252 g/mol. The molecule has 1 fully saturated rings. The van der Waals surface area contributed by atoms with Crippen molar-refractivity contribution in [3.05, 3.63) is 35.4 Å². The number of hydrogen-bond donors (Lipinski definition) is 0. The lowest BCUT2D eigenvalue weighted by Crippen LogP contribution is -2.17. The van der Waals surface area contributed by atoms with Crippen LogP contribution >= 0.6 is 0 Å². The number of carbonyl (C=O) groups is 2. The summed E-state index contributed by atoms with van der Waals surface area (Å²) < 4.78 is 4.73. The summed E-state index contributed by atoms with van der Waals surface area (Å²) in [6, 6.07) is 7.44. The quantitative estimate of drug-likeness (QED) is 0.477. The smallest absolute Gasteiger partial charge is 0.379 e. The second-order valence-electron chi connectivity index (χ2n) is 5.63. The number of Topliss-reactive ketones (excluding diaryl/α,β-unsaturated/α-hetero) is 1. The van der Waals surface area contributed by atoms with Gasteiger partial charge in [0.25, 0.3) is 5.78 Å². The van der Waals surface area contributed by atoms with E-state index in [4.69, 9.17) is 4.74 Å². The molecule has 0 atom stereocenters. The van der Waals surface area contributed by atoms with Crippen molar-refractivity contribution < 1.29 is 14.3 Å². The Morgan fingerprint density at radius 3 is 2.25 bits per heavy atom. The van der Waals surface area contributed by atoms with Gasteiger partial charge in [-0.15, -0.1) is 0 Å². The predicted molar refractivity (Wildman–Crippen MR) is 77.8 cm³/mol. The van der Waals surface area contributed by atoms with Gasteiger partial charge in [-0.1, -0.05) is 44.0 Å². The van der Waals surface area contributed by atoms with Crippen molar-refractivity contribution in [3.8, 4) is 0 Å². The molecule has 1 aliphatic rings. The molecule has 3 heteroatoms. The lowest BCUT2D eigenvalue weighted by atomic mass is 9.79. The topological polar surface area (TPSA) is 43.4 Å². The van der Waals surface area contributed by atoms with E-state index in [9.17, 15) is 9.59 Å². The maximum Gasteiger partial charge on any atom is 0.379 e. The first kappa shape index (κ1) is 14.8. The van der Waals surface area contributed by atoms with Crippen molar-refractivity contribution in [2.75, 3.05) is 6.61 Å². The highest BCUT2D eigenvalue weighted by atomic mass is 16.5. The van der Waals surface area contributed by atoms with Crippen LogP contribution in [0.2, 0.25) is 0 Å². The van der Waals surface area contributed by atoms with Gasteiger partial charge >= 0.3 is 5.97 Å². The molecule has 1 aliphatic carbocycles. The Kier molecular flexibility index (Phi) is 4.94. The molecule has 0 aromatic heterocycles. The summed E-state index contributed by atoms with van der Waals surface area (Å²) in [5.41, 5.74) is 1.69. The van der Waals surface area contributed by atoms with Crippen molar-refractivity contribution in [3.63, 3.8) is 0 Å². The van der Waals surface area contributed by atoms with Crippen LogP contribution in [0.25, 0.3) is 0 Å². The normalized spacial score (nSPS) is 22.3. The van der Waals surface area contributed by atoms with E-state index in [1.165, 1.54) is 31.2 Å². The minimum atomic E-state index is -0.772. The molecule has 108 valence electrons. The molecule has 1 aromatic carbocycles. The SMILES string of the molecule is CCOC(=O)C(=O)c1ccc(C2CCC(C)CC2)cc1. The van der Waals surface area contributed by atoms with Crippen molar-refractivity contribution in [2.24, 2.45) is 5.92 Å². The Morgan fingerprint density at radius 2 is 1.70 bits per heavy atom. The number of benzene rings is 1. The number of carbonyl (C=O) groups excluding carboxylic acids is 2. The van der Waals surface area contributed by atoms with Crippen LogP contribution in [0, 0.1) is 5.92 Å². The Balaban J connectivity index is 2.03. The van der Waals surface area contributed by atoms with Gasteiger partial charge < -0.3 is 4.74 Å². The van der Waals surface area contributed by atoms with Crippen LogP contribution < -0.4 is 0 Å². The zero-order chi connectivity index (χ0) is 14.5. The largest absolute Gasteiger partial charge is 0.460 e. The first-order chi connectivity index (χ1) is 9.61. The highest BCUT2D eigenvalue weighted by Gasteiger charge is 2.21. The number of hydrogen-bond acceptors (Lipinski definition) is 3. The van der Waals surface area contributed by atoms with Crippen LogP contribution in [0.3, 0.4) is 0 Å².